The zero-order valence-electron chi connectivity index (χ0n) is 10.3. The third kappa shape index (κ3) is 5.29. The van der Waals surface area contributed by atoms with E-state index in [0.717, 1.165) is 5.75 Å². The van der Waals surface area contributed by atoms with Gasteiger partial charge in [0.25, 0.3) is 0 Å². The third-order valence-corrected chi connectivity index (χ3v) is 3.88. The molecule has 1 heteroatoms. The molecule has 0 N–H and O–H groups in total. The van der Waals surface area contributed by atoms with Crippen molar-refractivity contribution in [2.24, 2.45) is 5.41 Å². The molecule has 0 nitrogen and oxygen atoms in total. The van der Waals surface area contributed by atoms with E-state index in [9.17, 15) is 0 Å². The van der Waals surface area contributed by atoms with Crippen LogP contribution in [0.2, 0.25) is 0 Å². The summed E-state index contributed by atoms with van der Waals surface area (Å²) in [7, 11) is 0. The van der Waals surface area contributed by atoms with E-state index in [1.165, 1.54) is 51.4 Å². The molecule has 0 aromatic heterocycles. The Labute approximate surface area is 96.3 Å². The second kappa shape index (κ2) is 8.64. The Morgan fingerprint density at radius 2 is 1.36 bits per heavy atom. The number of hydrogen-bond donors (Lipinski definition) is 1. The van der Waals surface area contributed by atoms with Crippen molar-refractivity contribution >= 4 is 12.6 Å². The molecule has 0 atom stereocenters. The molecule has 0 aromatic carbocycles. The second-order valence-corrected chi connectivity index (χ2v) is 4.93. The van der Waals surface area contributed by atoms with Crippen molar-refractivity contribution in [3.8, 4) is 0 Å². The molecule has 0 amide bonds. The Balaban J connectivity index is 4.03. The molecule has 0 radical (unpaired) electrons. The van der Waals surface area contributed by atoms with E-state index < -0.39 is 0 Å². The van der Waals surface area contributed by atoms with Gasteiger partial charge in [0.15, 0.2) is 0 Å². The van der Waals surface area contributed by atoms with Gasteiger partial charge in [-0.3, -0.25) is 0 Å². The highest BCUT2D eigenvalue weighted by Gasteiger charge is 2.25. The fourth-order valence-electron chi connectivity index (χ4n) is 2.42. The largest absolute Gasteiger partial charge is 0.179 e. The standard InChI is InChI=1S/C13H28S/c1-4-7-8-11-13(12-14,9-5-2)10-6-3/h14H,4-12H2,1-3H3. The lowest BCUT2D eigenvalue weighted by molar-refractivity contribution is 0.244. The summed E-state index contributed by atoms with van der Waals surface area (Å²) in [6, 6.07) is 0. The first kappa shape index (κ1) is 14.3. The SMILES string of the molecule is CCCCCC(CS)(CCC)CCC. The van der Waals surface area contributed by atoms with Crippen LogP contribution in [0.4, 0.5) is 0 Å². The summed E-state index contributed by atoms with van der Waals surface area (Å²) >= 11 is 4.57. The highest BCUT2D eigenvalue weighted by Crippen LogP contribution is 2.36. The minimum atomic E-state index is 0.557. The number of hydrogen-bond acceptors (Lipinski definition) is 1. The van der Waals surface area contributed by atoms with Crippen molar-refractivity contribution in [3.63, 3.8) is 0 Å². The molecule has 0 aliphatic carbocycles. The summed E-state index contributed by atoms with van der Waals surface area (Å²) < 4.78 is 0. The average Bonchev–Trinajstić information content (AvgIpc) is 2.19. The molecule has 0 aliphatic rings. The van der Waals surface area contributed by atoms with Gasteiger partial charge in [0.2, 0.25) is 0 Å². The topological polar surface area (TPSA) is 0 Å². The Kier molecular flexibility index (Phi) is 8.86. The van der Waals surface area contributed by atoms with Crippen molar-refractivity contribution in [3.05, 3.63) is 0 Å². The molecule has 0 aliphatic heterocycles. The lowest BCUT2D eigenvalue weighted by atomic mass is 9.77. The van der Waals surface area contributed by atoms with Crippen LogP contribution in [-0.4, -0.2) is 5.75 Å². The van der Waals surface area contributed by atoms with Crippen LogP contribution >= 0.6 is 12.6 Å². The zero-order chi connectivity index (χ0) is 10.9. The first-order valence-corrected chi connectivity index (χ1v) is 6.98. The molecule has 0 fully saturated rings. The second-order valence-electron chi connectivity index (χ2n) is 4.62. The molecular weight excluding hydrogens is 188 g/mol. The summed E-state index contributed by atoms with van der Waals surface area (Å²) in [5.41, 5.74) is 0.557. The van der Waals surface area contributed by atoms with Gasteiger partial charge in [0.05, 0.1) is 0 Å². The fourth-order valence-corrected chi connectivity index (χ4v) is 2.90. The van der Waals surface area contributed by atoms with Gasteiger partial charge < -0.3 is 0 Å². The number of unbranched alkanes of at least 4 members (excludes halogenated alkanes) is 2. The van der Waals surface area contributed by atoms with Crippen LogP contribution in [0.5, 0.6) is 0 Å². The Bertz CT molecular complexity index is 114. The molecule has 0 heterocycles. The van der Waals surface area contributed by atoms with Crippen LogP contribution < -0.4 is 0 Å². The van der Waals surface area contributed by atoms with Gasteiger partial charge in [0, 0.05) is 0 Å². The molecule has 14 heavy (non-hydrogen) atoms. The van der Waals surface area contributed by atoms with E-state index in [1.807, 2.05) is 0 Å². The number of thiol groups is 1. The van der Waals surface area contributed by atoms with Crippen LogP contribution in [0.25, 0.3) is 0 Å². The van der Waals surface area contributed by atoms with Crippen molar-refractivity contribution in [2.45, 2.75) is 72.1 Å². The Hall–Kier alpha value is 0.350. The van der Waals surface area contributed by atoms with Gasteiger partial charge in [-0.15, -0.1) is 0 Å². The van der Waals surface area contributed by atoms with Gasteiger partial charge in [-0.1, -0.05) is 52.9 Å². The van der Waals surface area contributed by atoms with Crippen LogP contribution in [0.3, 0.4) is 0 Å². The maximum Gasteiger partial charge on any atom is -0.00412 e. The van der Waals surface area contributed by atoms with E-state index in [-0.39, 0.29) is 0 Å². The van der Waals surface area contributed by atoms with Gasteiger partial charge in [0.1, 0.15) is 0 Å². The van der Waals surface area contributed by atoms with E-state index in [0.29, 0.717) is 5.41 Å². The highest BCUT2D eigenvalue weighted by atomic mass is 32.1. The molecule has 86 valence electrons. The Morgan fingerprint density at radius 1 is 0.786 bits per heavy atom. The predicted octanol–water partition coefficient (Wildman–Crippen LogP) is 5.08. The molecule has 0 spiro atoms. The summed E-state index contributed by atoms with van der Waals surface area (Å²) in [5, 5.41) is 0. The lowest BCUT2D eigenvalue weighted by Gasteiger charge is -2.32. The molecule has 0 saturated heterocycles. The summed E-state index contributed by atoms with van der Waals surface area (Å²) in [4.78, 5) is 0. The summed E-state index contributed by atoms with van der Waals surface area (Å²) in [5.74, 6) is 1.08. The molecule has 0 unspecified atom stereocenters. The maximum absolute atomic E-state index is 4.57. The molecule has 0 rings (SSSR count). The van der Waals surface area contributed by atoms with E-state index in [4.69, 9.17) is 0 Å². The third-order valence-electron chi connectivity index (χ3n) is 3.21. The summed E-state index contributed by atoms with van der Waals surface area (Å²) in [6.45, 7) is 6.88. The first-order valence-electron chi connectivity index (χ1n) is 6.35. The average molecular weight is 216 g/mol. The molecule has 0 bridgehead atoms. The summed E-state index contributed by atoms with van der Waals surface area (Å²) in [6.07, 6.45) is 10.9. The quantitative estimate of drug-likeness (QED) is 0.403. The van der Waals surface area contributed by atoms with Crippen LogP contribution in [0, 0.1) is 5.41 Å². The smallest absolute Gasteiger partial charge is 0.00412 e. The van der Waals surface area contributed by atoms with Crippen LogP contribution in [0.15, 0.2) is 0 Å². The van der Waals surface area contributed by atoms with Crippen LogP contribution in [0.1, 0.15) is 72.1 Å². The minimum absolute atomic E-state index is 0.557. The normalized spacial score (nSPS) is 12.0. The van der Waals surface area contributed by atoms with Crippen molar-refractivity contribution in [2.75, 3.05) is 5.75 Å². The Morgan fingerprint density at radius 3 is 1.71 bits per heavy atom. The van der Waals surface area contributed by atoms with Gasteiger partial charge >= 0.3 is 0 Å². The van der Waals surface area contributed by atoms with Crippen molar-refractivity contribution < 1.29 is 0 Å². The monoisotopic (exact) mass is 216 g/mol. The molecule has 0 saturated carbocycles. The lowest BCUT2D eigenvalue weighted by Crippen LogP contribution is -2.22. The van der Waals surface area contributed by atoms with E-state index in [1.54, 1.807) is 0 Å². The van der Waals surface area contributed by atoms with Crippen molar-refractivity contribution in [1.29, 1.82) is 0 Å². The van der Waals surface area contributed by atoms with Gasteiger partial charge in [-0.05, 0) is 30.4 Å². The van der Waals surface area contributed by atoms with Gasteiger partial charge in [-0.25, -0.2) is 0 Å². The van der Waals surface area contributed by atoms with Crippen LogP contribution in [-0.2, 0) is 0 Å². The maximum atomic E-state index is 4.57. The van der Waals surface area contributed by atoms with Crippen molar-refractivity contribution in [1.82, 2.24) is 0 Å². The van der Waals surface area contributed by atoms with E-state index in [2.05, 4.69) is 33.4 Å². The highest BCUT2D eigenvalue weighted by molar-refractivity contribution is 7.80. The molecule has 0 aromatic rings. The predicted molar refractivity (Wildman–Crippen MR) is 70.2 cm³/mol. The first-order chi connectivity index (χ1) is 6.74. The van der Waals surface area contributed by atoms with Gasteiger partial charge in [-0.2, -0.15) is 12.6 Å². The van der Waals surface area contributed by atoms with E-state index >= 15 is 0 Å². The zero-order valence-corrected chi connectivity index (χ0v) is 11.2. The fraction of sp³-hybridized carbons (Fsp3) is 1.00. The molecular formula is C13H28S. The minimum Gasteiger partial charge on any atom is -0.179 e. The number of rotatable bonds is 9.